The summed E-state index contributed by atoms with van der Waals surface area (Å²) in [6, 6.07) is 16.5. The molecular formula is C21H28N2O2S. The SMILES string of the molecule is COc1ccc(C(CNC(=O)CSCc2cccc(C)c2)N(C)C)cc1. The molecule has 0 radical (unpaired) electrons. The smallest absolute Gasteiger partial charge is 0.230 e. The molecule has 0 bridgehead atoms. The number of amides is 1. The maximum Gasteiger partial charge on any atom is 0.230 e. The van der Waals surface area contributed by atoms with Gasteiger partial charge < -0.3 is 15.0 Å². The highest BCUT2D eigenvalue weighted by atomic mass is 32.2. The molecule has 140 valence electrons. The molecule has 0 spiro atoms. The number of likely N-dealkylation sites (N-methyl/N-ethyl adjacent to an activating group) is 1. The zero-order valence-corrected chi connectivity index (χ0v) is 16.8. The summed E-state index contributed by atoms with van der Waals surface area (Å²) in [4.78, 5) is 14.3. The van der Waals surface area contributed by atoms with E-state index in [9.17, 15) is 4.79 Å². The van der Waals surface area contributed by atoms with Crippen LogP contribution in [0.25, 0.3) is 0 Å². The monoisotopic (exact) mass is 372 g/mol. The number of thioether (sulfide) groups is 1. The molecule has 4 nitrogen and oxygen atoms in total. The molecule has 0 aliphatic carbocycles. The second-order valence-electron chi connectivity index (χ2n) is 6.54. The molecule has 1 atom stereocenters. The zero-order valence-electron chi connectivity index (χ0n) is 16.0. The van der Waals surface area contributed by atoms with E-state index in [4.69, 9.17) is 4.74 Å². The number of benzene rings is 2. The first-order chi connectivity index (χ1) is 12.5. The van der Waals surface area contributed by atoms with Gasteiger partial charge in [-0.25, -0.2) is 0 Å². The minimum absolute atomic E-state index is 0.0722. The molecule has 1 unspecified atom stereocenters. The molecule has 2 rings (SSSR count). The van der Waals surface area contributed by atoms with Crippen molar-refractivity contribution in [1.29, 1.82) is 0 Å². The maximum absolute atomic E-state index is 12.2. The Bertz CT molecular complexity index is 701. The molecule has 26 heavy (non-hydrogen) atoms. The first kappa shape index (κ1) is 20.3. The number of aryl methyl sites for hydroxylation is 1. The van der Waals surface area contributed by atoms with Crippen LogP contribution in [-0.4, -0.2) is 44.3 Å². The largest absolute Gasteiger partial charge is 0.497 e. The number of ether oxygens (including phenoxy) is 1. The molecule has 0 fully saturated rings. The van der Waals surface area contributed by atoms with Gasteiger partial charge in [0.15, 0.2) is 0 Å². The van der Waals surface area contributed by atoms with Gasteiger partial charge in [-0.2, -0.15) is 0 Å². The number of hydrogen-bond acceptors (Lipinski definition) is 4. The average molecular weight is 373 g/mol. The van der Waals surface area contributed by atoms with Crippen molar-refractivity contribution < 1.29 is 9.53 Å². The van der Waals surface area contributed by atoms with Gasteiger partial charge in [0, 0.05) is 12.3 Å². The molecule has 0 saturated carbocycles. The molecule has 0 aliphatic heterocycles. The summed E-state index contributed by atoms with van der Waals surface area (Å²) < 4.78 is 5.21. The minimum Gasteiger partial charge on any atom is -0.497 e. The van der Waals surface area contributed by atoms with Crippen molar-refractivity contribution in [3.63, 3.8) is 0 Å². The highest BCUT2D eigenvalue weighted by molar-refractivity contribution is 7.99. The fourth-order valence-corrected chi connectivity index (χ4v) is 3.55. The quantitative estimate of drug-likeness (QED) is 0.729. The lowest BCUT2D eigenvalue weighted by atomic mass is 10.1. The number of methoxy groups -OCH3 is 1. The Kier molecular flexibility index (Phi) is 8.01. The predicted molar refractivity (Wildman–Crippen MR) is 110 cm³/mol. The molecule has 0 aliphatic rings. The number of nitrogens with one attached hydrogen (secondary N) is 1. The second-order valence-corrected chi connectivity index (χ2v) is 7.52. The van der Waals surface area contributed by atoms with Crippen LogP contribution >= 0.6 is 11.8 Å². The molecule has 2 aromatic rings. The normalized spacial score (nSPS) is 12.0. The van der Waals surface area contributed by atoms with Crippen LogP contribution in [0.4, 0.5) is 0 Å². The van der Waals surface area contributed by atoms with E-state index in [-0.39, 0.29) is 11.9 Å². The van der Waals surface area contributed by atoms with Crippen LogP contribution < -0.4 is 10.1 Å². The van der Waals surface area contributed by atoms with Gasteiger partial charge in [-0.3, -0.25) is 4.79 Å². The zero-order chi connectivity index (χ0) is 18.9. The van der Waals surface area contributed by atoms with E-state index < -0.39 is 0 Å². The van der Waals surface area contributed by atoms with E-state index in [0.717, 1.165) is 17.1 Å². The highest BCUT2D eigenvalue weighted by Crippen LogP contribution is 2.21. The lowest BCUT2D eigenvalue weighted by molar-refractivity contribution is -0.118. The van der Waals surface area contributed by atoms with Crippen LogP contribution in [0.5, 0.6) is 5.75 Å². The third-order valence-corrected chi connectivity index (χ3v) is 5.20. The first-order valence-electron chi connectivity index (χ1n) is 8.70. The molecular weight excluding hydrogens is 344 g/mol. The van der Waals surface area contributed by atoms with Crippen molar-refractivity contribution >= 4 is 17.7 Å². The van der Waals surface area contributed by atoms with Crippen LogP contribution in [-0.2, 0) is 10.5 Å². The minimum atomic E-state index is 0.0722. The summed E-state index contributed by atoms with van der Waals surface area (Å²) in [6.07, 6.45) is 0. The van der Waals surface area contributed by atoms with Crippen molar-refractivity contribution in [2.24, 2.45) is 0 Å². The van der Waals surface area contributed by atoms with Crippen molar-refractivity contribution in [2.45, 2.75) is 18.7 Å². The number of carbonyl (C=O) groups excluding carboxylic acids is 1. The Morgan fingerprint density at radius 1 is 1.19 bits per heavy atom. The number of rotatable bonds is 9. The average Bonchev–Trinajstić information content (AvgIpc) is 2.62. The second kappa shape index (κ2) is 10.2. The summed E-state index contributed by atoms with van der Waals surface area (Å²) in [5.41, 5.74) is 3.66. The van der Waals surface area contributed by atoms with Gasteiger partial charge in [0.25, 0.3) is 0 Å². The van der Waals surface area contributed by atoms with Gasteiger partial charge in [0.2, 0.25) is 5.91 Å². The molecule has 2 aromatic carbocycles. The first-order valence-corrected chi connectivity index (χ1v) is 9.85. The van der Waals surface area contributed by atoms with Crippen molar-refractivity contribution in [3.05, 3.63) is 65.2 Å². The Morgan fingerprint density at radius 3 is 2.54 bits per heavy atom. The van der Waals surface area contributed by atoms with Crippen LogP contribution in [0.1, 0.15) is 22.7 Å². The van der Waals surface area contributed by atoms with E-state index in [0.29, 0.717) is 12.3 Å². The lowest BCUT2D eigenvalue weighted by Crippen LogP contribution is -2.35. The van der Waals surface area contributed by atoms with E-state index in [2.05, 4.69) is 41.4 Å². The summed E-state index contributed by atoms with van der Waals surface area (Å²) in [5, 5.41) is 3.06. The summed E-state index contributed by atoms with van der Waals surface area (Å²) in [7, 11) is 5.70. The summed E-state index contributed by atoms with van der Waals surface area (Å²) >= 11 is 1.64. The van der Waals surface area contributed by atoms with E-state index in [1.807, 2.05) is 38.4 Å². The highest BCUT2D eigenvalue weighted by Gasteiger charge is 2.15. The molecule has 0 saturated heterocycles. The van der Waals surface area contributed by atoms with Gasteiger partial charge >= 0.3 is 0 Å². The van der Waals surface area contributed by atoms with E-state index >= 15 is 0 Å². The van der Waals surface area contributed by atoms with Crippen LogP contribution in [0.3, 0.4) is 0 Å². The fourth-order valence-electron chi connectivity index (χ4n) is 2.75. The Hall–Kier alpha value is -1.98. The van der Waals surface area contributed by atoms with Crippen molar-refractivity contribution in [1.82, 2.24) is 10.2 Å². The van der Waals surface area contributed by atoms with E-state index in [1.54, 1.807) is 18.9 Å². The lowest BCUT2D eigenvalue weighted by Gasteiger charge is -2.25. The molecule has 1 amide bonds. The Morgan fingerprint density at radius 2 is 1.92 bits per heavy atom. The number of hydrogen-bond donors (Lipinski definition) is 1. The molecule has 5 heteroatoms. The third kappa shape index (κ3) is 6.39. The Balaban J connectivity index is 1.81. The van der Waals surface area contributed by atoms with Crippen LogP contribution in [0.15, 0.2) is 48.5 Å². The number of carbonyl (C=O) groups is 1. The fraction of sp³-hybridized carbons (Fsp3) is 0.381. The predicted octanol–water partition coefficient (Wildman–Crippen LogP) is 3.66. The van der Waals surface area contributed by atoms with Crippen molar-refractivity contribution in [3.8, 4) is 5.75 Å². The van der Waals surface area contributed by atoms with Gasteiger partial charge in [0.05, 0.1) is 18.9 Å². The summed E-state index contributed by atoms with van der Waals surface area (Å²) in [6.45, 7) is 2.67. The topological polar surface area (TPSA) is 41.6 Å². The third-order valence-electron chi connectivity index (χ3n) is 4.20. The van der Waals surface area contributed by atoms with Gasteiger partial charge in [-0.15, -0.1) is 11.8 Å². The van der Waals surface area contributed by atoms with Gasteiger partial charge in [-0.05, 0) is 44.3 Å². The summed E-state index contributed by atoms with van der Waals surface area (Å²) in [5.74, 6) is 2.23. The standard InChI is InChI=1S/C21H28N2O2S/c1-16-6-5-7-17(12-16)14-26-15-21(24)22-13-20(23(2)3)18-8-10-19(25-4)11-9-18/h5-12,20H,13-15H2,1-4H3,(H,22,24). The van der Waals surface area contributed by atoms with Gasteiger partial charge in [0.1, 0.15) is 5.75 Å². The Labute approximate surface area is 160 Å². The van der Waals surface area contributed by atoms with E-state index in [1.165, 1.54) is 11.1 Å². The molecule has 1 N–H and O–H groups in total. The van der Waals surface area contributed by atoms with Gasteiger partial charge in [-0.1, -0.05) is 42.0 Å². The number of nitrogens with zero attached hydrogens (tertiary/aromatic N) is 1. The van der Waals surface area contributed by atoms with Crippen molar-refractivity contribution in [2.75, 3.05) is 33.5 Å². The molecule has 0 aromatic heterocycles. The van der Waals surface area contributed by atoms with Crippen LogP contribution in [0, 0.1) is 6.92 Å². The van der Waals surface area contributed by atoms with Crippen LogP contribution in [0.2, 0.25) is 0 Å². The maximum atomic E-state index is 12.2. The molecule has 0 heterocycles.